The number of phenols is 1. The first-order valence-corrected chi connectivity index (χ1v) is 6.42. The van der Waals surface area contributed by atoms with E-state index in [0.29, 0.717) is 11.3 Å². The van der Waals surface area contributed by atoms with Gasteiger partial charge in [-0.1, -0.05) is 12.1 Å². The molecule has 0 aliphatic rings. The van der Waals surface area contributed by atoms with Crippen molar-refractivity contribution in [1.82, 2.24) is 9.55 Å². The van der Waals surface area contributed by atoms with Crippen LogP contribution in [0.25, 0.3) is 5.69 Å². The van der Waals surface area contributed by atoms with Gasteiger partial charge < -0.3 is 15.0 Å². The second-order valence-electron chi connectivity index (χ2n) is 4.49. The van der Waals surface area contributed by atoms with Gasteiger partial charge in [-0.3, -0.25) is 4.79 Å². The van der Waals surface area contributed by atoms with Gasteiger partial charge in [-0.2, -0.15) is 0 Å². The van der Waals surface area contributed by atoms with Gasteiger partial charge in [0.2, 0.25) is 0 Å². The van der Waals surface area contributed by atoms with Crippen LogP contribution in [-0.4, -0.2) is 20.6 Å². The Hall–Kier alpha value is -3.08. The summed E-state index contributed by atoms with van der Waals surface area (Å²) in [4.78, 5) is 16.2. The molecule has 3 rings (SSSR count). The molecule has 1 aromatic heterocycles. The molecule has 0 saturated heterocycles. The first-order chi connectivity index (χ1) is 10.2. The van der Waals surface area contributed by atoms with Crippen molar-refractivity contribution in [2.45, 2.75) is 0 Å². The van der Waals surface area contributed by atoms with Crippen molar-refractivity contribution in [3.05, 3.63) is 72.8 Å². The maximum atomic E-state index is 12.2. The van der Waals surface area contributed by atoms with Crippen LogP contribution in [0.15, 0.2) is 67.3 Å². The summed E-state index contributed by atoms with van der Waals surface area (Å²) < 4.78 is 1.83. The number of para-hydroxylation sites is 2. The number of hydrogen-bond acceptors (Lipinski definition) is 3. The normalized spacial score (nSPS) is 10.3. The van der Waals surface area contributed by atoms with Gasteiger partial charge in [-0.05, 0) is 36.4 Å². The van der Waals surface area contributed by atoms with E-state index >= 15 is 0 Å². The summed E-state index contributed by atoms with van der Waals surface area (Å²) in [5, 5.41) is 12.1. The molecule has 1 heterocycles. The van der Waals surface area contributed by atoms with E-state index in [9.17, 15) is 9.90 Å². The summed E-state index contributed by atoms with van der Waals surface area (Å²) >= 11 is 0. The third kappa shape index (κ3) is 2.76. The minimum absolute atomic E-state index is 0.130. The monoisotopic (exact) mass is 279 g/mol. The van der Waals surface area contributed by atoms with Crippen LogP contribution in [-0.2, 0) is 0 Å². The lowest BCUT2D eigenvalue weighted by molar-refractivity contribution is 0.102. The predicted octanol–water partition coefficient (Wildman–Crippen LogP) is 2.83. The van der Waals surface area contributed by atoms with Crippen LogP contribution in [0.2, 0.25) is 0 Å². The number of aromatic nitrogens is 2. The Labute approximate surface area is 121 Å². The van der Waals surface area contributed by atoms with E-state index in [-0.39, 0.29) is 11.7 Å². The van der Waals surface area contributed by atoms with Gasteiger partial charge in [0.1, 0.15) is 5.75 Å². The largest absolute Gasteiger partial charge is 0.508 e. The maximum absolute atomic E-state index is 12.2. The molecule has 0 fully saturated rings. The van der Waals surface area contributed by atoms with Crippen LogP contribution >= 0.6 is 0 Å². The van der Waals surface area contributed by atoms with Crippen molar-refractivity contribution >= 4 is 11.6 Å². The van der Waals surface area contributed by atoms with Crippen LogP contribution in [0.4, 0.5) is 5.69 Å². The number of imidazole rings is 1. The fraction of sp³-hybridized carbons (Fsp3) is 0. The molecule has 0 aliphatic carbocycles. The van der Waals surface area contributed by atoms with Crippen LogP contribution in [0.1, 0.15) is 10.4 Å². The summed E-state index contributed by atoms with van der Waals surface area (Å²) in [7, 11) is 0. The van der Waals surface area contributed by atoms with E-state index in [0.717, 1.165) is 5.69 Å². The lowest BCUT2D eigenvalue weighted by atomic mass is 10.2. The molecular formula is C16H13N3O2. The maximum Gasteiger partial charge on any atom is 0.255 e. The number of amides is 1. The Balaban J connectivity index is 1.88. The minimum Gasteiger partial charge on any atom is -0.508 e. The van der Waals surface area contributed by atoms with Crippen molar-refractivity contribution in [3.8, 4) is 11.4 Å². The van der Waals surface area contributed by atoms with Crippen molar-refractivity contribution in [3.63, 3.8) is 0 Å². The fourth-order valence-electron chi connectivity index (χ4n) is 2.01. The Morgan fingerprint density at radius 3 is 2.57 bits per heavy atom. The molecule has 2 N–H and O–H groups in total. The lowest BCUT2D eigenvalue weighted by Crippen LogP contribution is -2.13. The number of anilines is 1. The highest BCUT2D eigenvalue weighted by molar-refractivity contribution is 6.05. The average molecular weight is 279 g/mol. The Morgan fingerprint density at radius 2 is 1.86 bits per heavy atom. The summed E-state index contributed by atoms with van der Waals surface area (Å²) in [6, 6.07) is 13.6. The van der Waals surface area contributed by atoms with Gasteiger partial charge in [0.25, 0.3) is 5.91 Å². The van der Waals surface area contributed by atoms with E-state index in [4.69, 9.17) is 0 Å². The number of hydrogen-bond donors (Lipinski definition) is 2. The average Bonchev–Trinajstić information content (AvgIpc) is 3.02. The summed E-state index contributed by atoms with van der Waals surface area (Å²) in [5.74, 6) is -0.104. The third-order valence-electron chi connectivity index (χ3n) is 3.06. The SMILES string of the molecule is O=C(Nc1ccccc1-n1ccnc1)c1ccc(O)cc1. The summed E-state index contributed by atoms with van der Waals surface area (Å²) in [5.41, 5.74) is 2.00. The molecular weight excluding hydrogens is 266 g/mol. The van der Waals surface area contributed by atoms with Crippen LogP contribution in [0, 0.1) is 0 Å². The topological polar surface area (TPSA) is 67.2 Å². The second kappa shape index (κ2) is 5.50. The van der Waals surface area contributed by atoms with Crippen molar-refractivity contribution in [2.75, 3.05) is 5.32 Å². The molecule has 0 saturated carbocycles. The van der Waals surface area contributed by atoms with Gasteiger partial charge in [-0.25, -0.2) is 4.98 Å². The molecule has 0 atom stereocenters. The first kappa shape index (κ1) is 12.9. The molecule has 0 aliphatic heterocycles. The highest BCUT2D eigenvalue weighted by Gasteiger charge is 2.09. The zero-order chi connectivity index (χ0) is 14.7. The lowest BCUT2D eigenvalue weighted by Gasteiger charge is -2.11. The first-order valence-electron chi connectivity index (χ1n) is 6.42. The number of phenolic OH excluding ortho intramolecular Hbond substituents is 1. The summed E-state index contributed by atoms with van der Waals surface area (Å²) in [6.07, 6.45) is 5.16. The van der Waals surface area contributed by atoms with Gasteiger partial charge in [-0.15, -0.1) is 0 Å². The van der Waals surface area contributed by atoms with Gasteiger partial charge in [0, 0.05) is 18.0 Å². The number of carbonyl (C=O) groups is 1. The highest BCUT2D eigenvalue weighted by atomic mass is 16.3. The van der Waals surface area contributed by atoms with E-state index in [2.05, 4.69) is 10.3 Å². The molecule has 21 heavy (non-hydrogen) atoms. The van der Waals surface area contributed by atoms with Gasteiger partial charge >= 0.3 is 0 Å². The fourth-order valence-corrected chi connectivity index (χ4v) is 2.01. The number of nitrogens with zero attached hydrogens (tertiary/aromatic N) is 2. The van der Waals surface area contributed by atoms with Crippen molar-refractivity contribution in [1.29, 1.82) is 0 Å². The molecule has 1 amide bonds. The number of nitrogens with one attached hydrogen (secondary N) is 1. The predicted molar refractivity (Wildman–Crippen MR) is 79.6 cm³/mol. The van der Waals surface area contributed by atoms with E-state index in [1.807, 2.05) is 35.0 Å². The minimum atomic E-state index is -0.234. The summed E-state index contributed by atoms with van der Waals surface area (Å²) in [6.45, 7) is 0. The van der Waals surface area contributed by atoms with E-state index in [1.165, 1.54) is 12.1 Å². The molecule has 104 valence electrons. The molecule has 5 heteroatoms. The van der Waals surface area contributed by atoms with Crippen molar-refractivity contribution in [2.24, 2.45) is 0 Å². The highest BCUT2D eigenvalue weighted by Crippen LogP contribution is 2.20. The Bertz CT molecular complexity index is 749. The van der Waals surface area contributed by atoms with Gasteiger partial charge in [0.05, 0.1) is 17.7 Å². The Morgan fingerprint density at radius 1 is 1.10 bits per heavy atom. The number of rotatable bonds is 3. The zero-order valence-electron chi connectivity index (χ0n) is 11.1. The number of aromatic hydroxyl groups is 1. The Kier molecular flexibility index (Phi) is 3.39. The molecule has 2 aromatic carbocycles. The van der Waals surface area contributed by atoms with E-state index < -0.39 is 0 Å². The quantitative estimate of drug-likeness (QED) is 0.774. The number of carbonyl (C=O) groups excluding carboxylic acids is 1. The zero-order valence-corrected chi connectivity index (χ0v) is 11.1. The van der Waals surface area contributed by atoms with Crippen LogP contribution in [0.5, 0.6) is 5.75 Å². The van der Waals surface area contributed by atoms with E-state index in [1.54, 1.807) is 24.7 Å². The molecule has 0 spiro atoms. The van der Waals surface area contributed by atoms with Crippen LogP contribution in [0.3, 0.4) is 0 Å². The van der Waals surface area contributed by atoms with Crippen LogP contribution < -0.4 is 5.32 Å². The molecule has 0 radical (unpaired) electrons. The molecule has 0 unspecified atom stereocenters. The number of benzene rings is 2. The standard InChI is InChI=1S/C16H13N3O2/c20-13-7-5-12(6-8-13)16(21)18-14-3-1-2-4-15(14)19-10-9-17-11-19/h1-11,20H,(H,18,21). The van der Waals surface area contributed by atoms with Crippen molar-refractivity contribution < 1.29 is 9.90 Å². The third-order valence-corrected chi connectivity index (χ3v) is 3.06. The van der Waals surface area contributed by atoms with Gasteiger partial charge in [0.15, 0.2) is 0 Å². The molecule has 0 bridgehead atoms. The molecule has 3 aromatic rings. The smallest absolute Gasteiger partial charge is 0.255 e. The molecule has 5 nitrogen and oxygen atoms in total. The second-order valence-corrected chi connectivity index (χ2v) is 4.49.